The molecule has 0 N–H and O–H groups in total. The molecule has 0 spiro atoms. The second-order valence-corrected chi connectivity index (χ2v) is 5.76. The average Bonchev–Trinajstić information content (AvgIpc) is 2.07. The van der Waals surface area contributed by atoms with Gasteiger partial charge in [0.05, 0.1) is 12.4 Å². The molecule has 3 nitrogen and oxygen atoms in total. The minimum Gasteiger partial charge on any atom is -0.270 e. The van der Waals surface area contributed by atoms with Crippen LogP contribution in [0.25, 0.3) is 0 Å². The summed E-state index contributed by atoms with van der Waals surface area (Å²) < 4.78 is 26.4. The number of rotatable bonds is 0. The lowest BCUT2D eigenvalue weighted by Gasteiger charge is -2.23. The van der Waals surface area contributed by atoms with Crippen LogP contribution in [0.2, 0.25) is 0 Å². The van der Waals surface area contributed by atoms with Crippen molar-refractivity contribution in [1.82, 2.24) is 0 Å². The van der Waals surface area contributed by atoms with E-state index in [4.69, 9.17) is 0 Å². The summed E-state index contributed by atoms with van der Waals surface area (Å²) in [5, 5.41) is 0. The lowest BCUT2D eigenvalue weighted by atomic mass is 9.83. The predicted molar refractivity (Wildman–Crippen MR) is 42.7 cm³/mol. The van der Waals surface area contributed by atoms with Crippen LogP contribution >= 0.6 is 0 Å². The molecule has 0 saturated carbocycles. The maximum absolute atomic E-state index is 10.9. The molecular formula is C7H14O3S. The Morgan fingerprint density at radius 3 is 2.09 bits per heavy atom. The highest BCUT2D eigenvalue weighted by Crippen LogP contribution is 2.31. The van der Waals surface area contributed by atoms with Gasteiger partial charge < -0.3 is 0 Å². The Morgan fingerprint density at radius 1 is 1.36 bits per heavy atom. The lowest BCUT2D eigenvalue weighted by molar-refractivity contribution is 0.203. The largest absolute Gasteiger partial charge is 0.270 e. The molecule has 1 atom stereocenters. The third-order valence-electron chi connectivity index (χ3n) is 2.08. The molecule has 66 valence electrons. The van der Waals surface area contributed by atoms with Crippen molar-refractivity contribution in [3.05, 3.63) is 0 Å². The van der Waals surface area contributed by atoms with E-state index in [1.807, 2.05) is 20.8 Å². The van der Waals surface area contributed by atoms with Crippen LogP contribution in [0.15, 0.2) is 0 Å². The van der Waals surface area contributed by atoms with E-state index in [0.29, 0.717) is 6.61 Å². The van der Waals surface area contributed by atoms with E-state index in [9.17, 15) is 8.42 Å². The van der Waals surface area contributed by atoms with Gasteiger partial charge in [0.15, 0.2) is 0 Å². The van der Waals surface area contributed by atoms with Gasteiger partial charge in [-0.2, -0.15) is 8.42 Å². The van der Waals surface area contributed by atoms with Gasteiger partial charge in [-0.25, -0.2) is 0 Å². The summed E-state index contributed by atoms with van der Waals surface area (Å²) in [6.45, 7) is 6.44. The van der Waals surface area contributed by atoms with Crippen LogP contribution in [-0.4, -0.2) is 20.8 Å². The molecule has 0 aliphatic carbocycles. The fourth-order valence-corrected chi connectivity index (χ4v) is 2.59. The van der Waals surface area contributed by atoms with Gasteiger partial charge in [-0.3, -0.25) is 4.18 Å². The summed E-state index contributed by atoms with van der Waals surface area (Å²) in [7, 11) is -3.18. The molecule has 11 heavy (non-hydrogen) atoms. The van der Waals surface area contributed by atoms with Crippen LogP contribution in [0.1, 0.15) is 20.8 Å². The number of hydrogen-bond acceptors (Lipinski definition) is 3. The second kappa shape index (κ2) is 2.45. The zero-order valence-corrected chi connectivity index (χ0v) is 7.94. The topological polar surface area (TPSA) is 43.4 Å². The fraction of sp³-hybridized carbons (Fsp3) is 1.00. The van der Waals surface area contributed by atoms with Gasteiger partial charge in [-0.15, -0.1) is 0 Å². The Hall–Kier alpha value is -0.0900. The molecule has 0 amide bonds. The minimum atomic E-state index is -3.18. The van der Waals surface area contributed by atoms with Crippen LogP contribution in [-0.2, 0) is 14.3 Å². The molecule has 0 aromatic carbocycles. The SMILES string of the molecule is CC(C)(C)[C@H]1COS(=O)(=O)C1. The molecule has 0 aromatic rings. The first-order valence-corrected chi connectivity index (χ1v) is 5.26. The molecule has 1 aliphatic rings. The van der Waals surface area contributed by atoms with Crippen LogP contribution in [0.5, 0.6) is 0 Å². The first kappa shape index (κ1) is 9.00. The van der Waals surface area contributed by atoms with Crippen molar-refractivity contribution in [3.63, 3.8) is 0 Å². The highest BCUT2D eigenvalue weighted by atomic mass is 32.2. The molecule has 0 bridgehead atoms. The molecule has 1 heterocycles. The molecule has 4 heteroatoms. The van der Waals surface area contributed by atoms with Crippen LogP contribution in [0.3, 0.4) is 0 Å². The predicted octanol–water partition coefficient (Wildman–Crippen LogP) is 1.01. The minimum absolute atomic E-state index is 0.0313. The Morgan fingerprint density at radius 2 is 1.91 bits per heavy atom. The first-order valence-electron chi connectivity index (χ1n) is 3.68. The van der Waals surface area contributed by atoms with E-state index >= 15 is 0 Å². The Labute approximate surface area is 67.9 Å². The monoisotopic (exact) mass is 178 g/mol. The lowest BCUT2D eigenvalue weighted by Crippen LogP contribution is -2.23. The van der Waals surface area contributed by atoms with Crippen molar-refractivity contribution in [1.29, 1.82) is 0 Å². The van der Waals surface area contributed by atoms with Gasteiger partial charge in [0.25, 0.3) is 10.1 Å². The fourth-order valence-electron chi connectivity index (χ4n) is 1.03. The summed E-state index contributed by atoms with van der Waals surface area (Å²) >= 11 is 0. The maximum atomic E-state index is 10.9. The summed E-state index contributed by atoms with van der Waals surface area (Å²) in [4.78, 5) is 0. The standard InChI is InChI=1S/C7H14O3S/c1-7(2,3)6-4-10-11(8,9)5-6/h6H,4-5H2,1-3H3/t6-/m0/s1. The summed E-state index contributed by atoms with van der Waals surface area (Å²) in [6.07, 6.45) is 0. The van der Waals surface area contributed by atoms with E-state index in [1.165, 1.54) is 0 Å². The third-order valence-corrected chi connectivity index (χ3v) is 3.38. The summed E-state index contributed by atoms with van der Waals surface area (Å²) in [5.74, 6) is 0.323. The second-order valence-electron chi connectivity index (χ2n) is 4.07. The zero-order chi connectivity index (χ0) is 8.70. The molecule has 1 rings (SSSR count). The first-order chi connectivity index (χ1) is 4.81. The molecule has 1 aliphatic heterocycles. The van der Waals surface area contributed by atoms with Crippen molar-refractivity contribution in [2.75, 3.05) is 12.4 Å². The van der Waals surface area contributed by atoms with E-state index < -0.39 is 10.1 Å². The summed E-state index contributed by atoms with van der Waals surface area (Å²) in [5.41, 5.74) is 0.0313. The molecule has 1 saturated heterocycles. The maximum Gasteiger partial charge on any atom is 0.267 e. The van der Waals surface area contributed by atoms with Crippen molar-refractivity contribution in [2.24, 2.45) is 11.3 Å². The van der Waals surface area contributed by atoms with Crippen molar-refractivity contribution in [2.45, 2.75) is 20.8 Å². The van der Waals surface area contributed by atoms with Gasteiger partial charge in [-0.1, -0.05) is 20.8 Å². The number of hydrogen-bond donors (Lipinski definition) is 0. The summed E-state index contributed by atoms with van der Waals surface area (Å²) in [6, 6.07) is 0. The normalized spacial score (nSPS) is 30.6. The van der Waals surface area contributed by atoms with E-state index in [-0.39, 0.29) is 17.1 Å². The van der Waals surface area contributed by atoms with E-state index in [0.717, 1.165) is 0 Å². The van der Waals surface area contributed by atoms with E-state index in [1.54, 1.807) is 0 Å². The molecule has 0 aromatic heterocycles. The zero-order valence-electron chi connectivity index (χ0n) is 7.12. The molecule has 0 unspecified atom stereocenters. The van der Waals surface area contributed by atoms with Crippen LogP contribution < -0.4 is 0 Å². The van der Waals surface area contributed by atoms with Crippen LogP contribution in [0.4, 0.5) is 0 Å². The Balaban J connectivity index is 2.70. The van der Waals surface area contributed by atoms with Gasteiger partial charge in [-0.05, 0) is 5.41 Å². The van der Waals surface area contributed by atoms with E-state index in [2.05, 4.69) is 4.18 Å². The smallest absolute Gasteiger partial charge is 0.267 e. The van der Waals surface area contributed by atoms with Crippen molar-refractivity contribution < 1.29 is 12.6 Å². The van der Waals surface area contributed by atoms with Gasteiger partial charge >= 0.3 is 0 Å². The molecule has 1 fully saturated rings. The Kier molecular flexibility index (Phi) is 2.01. The quantitative estimate of drug-likeness (QED) is 0.520. The molecular weight excluding hydrogens is 164 g/mol. The van der Waals surface area contributed by atoms with Gasteiger partial charge in [0, 0.05) is 5.92 Å². The third kappa shape index (κ3) is 2.17. The van der Waals surface area contributed by atoms with Crippen molar-refractivity contribution in [3.8, 4) is 0 Å². The molecule has 0 radical (unpaired) electrons. The van der Waals surface area contributed by atoms with Crippen molar-refractivity contribution >= 4 is 10.1 Å². The van der Waals surface area contributed by atoms with Gasteiger partial charge in [0.1, 0.15) is 0 Å². The average molecular weight is 178 g/mol. The highest BCUT2D eigenvalue weighted by Gasteiger charge is 2.36. The van der Waals surface area contributed by atoms with Crippen LogP contribution in [0, 0.1) is 11.3 Å². The van der Waals surface area contributed by atoms with Gasteiger partial charge in [0.2, 0.25) is 0 Å². The Bertz CT molecular complexity index is 235. The highest BCUT2D eigenvalue weighted by molar-refractivity contribution is 7.86.